The second kappa shape index (κ2) is 12.7. The maximum absolute atomic E-state index is 6.07. The second-order valence-electron chi connectivity index (χ2n) is 8.90. The van der Waals surface area contributed by atoms with Crippen molar-refractivity contribution in [2.45, 2.75) is 102 Å². The summed E-state index contributed by atoms with van der Waals surface area (Å²) in [6.07, 6.45) is 16.3. The van der Waals surface area contributed by atoms with Gasteiger partial charge in [-0.1, -0.05) is 39.0 Å². The van der Waals surface area contributed by atoms with E-state index in [0.29, 0.717) is 18.1 Å². The van der Waals surface area contributed by atoms with E-state index >= 15 is 0 Å². The molecule has 7 nitrogen and oxygen atoms in total. The minimum absolute atomic E-state index is 0. The van der Waals surface area contributed by atoms with Gasteiger partial charge >= 0.3 is 0 Å². The molecular formula is C22H39Cl2N7. The Balaban J connectivity index is 0.00000171. The molecule has 0 saturated heterocycles. The predicted molar refractivity (Wildman–Crippen MR) is 134 cm³/mol. The number of hydrogen-bond donors (Lipinski definition) is 3. The van der Waals surface area contributed by atoms with Crippen molar-refractivity contribution in [1.29, 1.82) is 0 Å². The van der Waals surface area contributed by atoms with Gasteiger partial charge in [-0.25, -0.2) is 4.98 Å². The van der Waals surface area contributed by atoms with Gasteiger partial charge in [0.05, 0.1) is 6.33 Å². The zero-order chi connectivity index (χ0) is 20.1. The first kappa shape index (κ1) is 25.9. The first-order valence-corrected chi connectivity index (χ1v) is 11.7. The molecule has 0 aromatic carbocycles. The summed E-state index contributed by atoms with van der Waals surface area (Å²) < 4.78 is 2.29. The van der Waals surface area contributed by atoms with E-state index in [0.717, 1.165) is 61.6 Å². The maximum Gasteiger partial charge on any atom is 0.227 e. The molecule has 4 N–H and O–H groups in total. The van der Waals surface area contributed by atoms with Crippen LogP contribution in [0.3, 0.4) is 0 Å². The Bertz CT molecular complexity index is 784. The number of unbranched alkanes of at least 4 members (excludes halogenated alkanes) is 3. The van der Waals surface area contributed by atoms with E-state index in [-0.39, 0.29) is 24.8 Å². The third-order valence-electron chi connectivity index (χ3n) is 6.57. The first-order chi connectivity index (χ1) is 14.2. The number of aromatic nitrogens is 4. The molecule has 2 fully saturated rings. The fourth-order valence-corrected chi connectivity index (χ4v) is 4.76. The van der Waals surface area contributed by atoms with E-state index in [2.05, 4.69) is 22.1 Å². The van der Waals surface area contributed by atoms with Crippen molar-refractivity contribution < 1.29 is 0 Å². The quantitative estimate of drug-likeness (QED) is 0.420. The highest BCUT2D eigenvalue weighted by Gasteiger charge is 2.23. The van der Waals surface area contributed by atoms with Gasteiger partial charge < -0.3 is 20.9 Å². The monoisotopic (exact) mass is 471 g/mol. The molecule has 2 heterocycles. The molecule has 2 aromatic heterocycles. The van der Waals surface area contributed by atoms with Gasteiger partial charge in [0, 0.05) is 24.7 Å². The van der Waals surface area contributed by atoms with Crippen molar-refractivity contribution in [3.63, 3.8) is 0 Å². The fraction of sp³-hybridized carbons (Fsp3) is 0.773. The Labute approximate surface area is 198 Å². The summed E-state index contributed by atoms with van der Waals surface area (Å²) in [5.41, 5.74) is 7.95. The third kappa shape index (κ3) is 6.59. The van der Waals surface area contributed by atoms with Crippen molar-refractivity contribution in [2.75, 3.05) is 17.2 Å². The van der Waals surface area contributed by atoms with E-state index in [4.69, 9.17) is 20.7 Å². The van der Waals surface area contributed by atoms with E-state index in [1.807, 2.05) is 6.33 Å². The van der Waals surface area contributed by atoms with E-state index in [1.54, 1.807) is 0 Å². The summed E-state index contributed by atoms with van der Waals surface area (Å²) in [6.45, 7) is 3.17. The molecule has 0 atom stereocenters. The van der Waals surface area contributed by atoms with Gasteiger partial charge in [0.15, 0.2) is 17.0 Å². The van der Waals surface area contributed by atoms with E-state index < -0.39 is 0 Å². The lowest BCUT2D eigenvalue weighted by atomic mass is 9.92. The number of nitrogens with one attached hydrogen (secondary N) is 2. The summed E-state index contributed by atoms with van der Waals surface area (Å²) >= 11 is 0. The molecular weight excluding hydrogens is 433 g/mol. The normalized spacial score (nSPS) is 21.5. The average Bonchev–Trinajstić information content (AvgIpc) is 3.39. The topological polar surface area (TPSA) is 93.7 Å². The summed E-state index contributed by atoms with van der Waals surface area (Å²) in [5.74, 6) is 1.60. The number of nitrogens with zero attached hydrogens (tertiary/aromatic N) is 4. The van der Waals surface area contributed by atoms with Gasteiger partial charge in [0.1, 0.15) is 0 Å². The largest absolute Gasteiger partial charge is 0.368 e. The van der Waals surface area contributed by atoms with Crippen molar-refractivity contribution in [3.8, 4) is 0 Å². The van der Waals surface area contributed by atoms with E-state index in [1.165, 1.54) is 44.9 Å². The standard InChI is InChI=1S/C22H37N7.2ClH/c1-2-3-4-7-14-24-20-19-21(29(15-25-19)18-8-5-6-9-18)28-22(27-20)26-17-12-10-16(23)11-13-17;;/h15-18H,2-14,23H2,1H3,(H2,24,26,27,28);2*1H. The molecule has 176 valence electrons. The van der Waals surface area contributed by atoms with Gasteiger partial charge in [0.2, 0.25) is 5.95 Å². The minimum Gasteiger partial charge on any atom is -0.368 e. The van der Waals surface area contributed by atoms with Crippen LogP contribution < -0.4 is 16.4 Å². The predicted octanol–water partition coefficient (Wildman–Crippen LogP) is 5.46. The highest BCUT2D eigenvalue weighted by molar-refractivity contribution is 5.86. The number of halogens is 2. The molecule has 0 bridgehead atoms. The van der Waals surface area contributed by atoms with Crippen LogP contribution in [0.15, 0.2) is 6.33 Å². The molecule has 2 saturated carbocycles. The van der Waals surface area contributed by atoms with Crippen LogP contribution in [0.4, 0.5) is 11.8 Å². The van der Waals surface area contributed by atoms with Crippen molar-refractivity contribution in [2.24, 2.45) is 5.73 Å². The number of rotatable bonds is 9. The number of nitrogens with two attached hydrogens (primary N) is 1. The average molecular weight is 473 g/mol. The molecule has 31 heavy (non-hydrogen) atoms. The minimum atomic E-state index is 0. The van der Waals surface area contributed by atoms with Crippen LogP contribution in [0.25, 0.3) is 11.2 Å². The second-order valence-corrected chi connectivity index (χ2v) is 8.90. The first-order valence-electron chi connectivity index (χ1n) is 11.7. The van der Waals surface area contributed by atoms with Gasteiger partial charge in [-0.15, -0.1) is 24.8 Å². The van der Waals surface area contributed by atoms with Crippen LogP contribution in [0.1, 0.15) is 90.0 Å². The van der Waals surface area contributed by atoms with Crippen LogP contribution in [0, 0.1) is 0 Å². The number of anilines is 2. The maximum atomic E-state index is 6.07. The van der Waals surface area contributed by atoms with Crippen LogP contribution in [0.5, 0.6) is 0 Å². The Morgan fingerprint density at radius 2 is 1.74 bits per heavy atom. The van der Waals surface area contributed by atoms with Crippen LogP contribution in [-0.4, -0.2) is 38.1 Å². The summed E-state index contributed by atoms with van der Waals surface area (Å²) in [5, 5.41) is 7.14. The molecule has 0 radical (unpaired) electrons. The van der Waals surface area contributed by atoms with E-state index in [9.17, 15) is 0 Å². The molecule has 4 rings (SSSR count). The Hall–Kier alpha value is -1.31. The highest BCUT2D eigenvalue weighted by atomic mass is 35.5. The Morgan fingerprint density at radius 1 is 1.00 bits per heavy atom. The zero-order valence-corrected chi connectivity index (χ0v) is 20.3. The van der Waals surface area contributed by atoms with Crippen LogP contribution >= 0.6 is 24.8 Å². The van der Waals surface area contributed by atoms with Crippen molar-refractivity contribution in [1.82, 2.24) is 19.5 Å². The summed E-state index contributed by atoms with van der Waals surface area (Å²) in [4.78, 5) is 14.5. The summed E-state index contributed by atoms with van der Waals surface area (Å²) in [7, 11) is 0. The van der Waals surface area contributed by atoms with Gasteiger partial charge in [0.25, 0.3) is 0 Å². The van der Waals surface area contributed by atoms with Crippen LogP contribution in [0.2, 0.25) is 0 Å². The molecule has 2 aliphatic carbocycles. The lowest BCUT2D eigenvalue weighted by Gasteiger charge is -2.27. The molecule has 0 unspecified atom stereocenters. The Morgan fingerprint density at radius 3 is 2.45 bits per heavy atom. The van der Waals surface area contributed by atoms with Gasteiger partial charge in [-0.05, 0) is 44.9 Å². The van der Waals surface area contributed by atoms with Crippen molar-refractivity contribution in [3.05, 3.63) is 6.33 Å². The number of hydrogen-bond acceptors (Lipinski definition) is 6. The smallest absolute Gasteiger partial charge is 0.227 e. The lowest BCUT2D eigenvalue weighted by Crippen LogP contribution is -2.33. The lowest BCUT2D eigenvalue weighted by molar-refractivity contribution is 0.410. The molecule has 2 aliphatic rings. The zero-order valence-electron chi connectivity index (χ0n) is 18.7. The molecule has 0 spiro atoms. The van der Waals surface area contributed by atoms with Crippen molar-refractivity contribution >= 4 is 47.7 Å². The Kier molecular flexibility index (Phi) is 10.6. The number of imidazole rings is 1. The van der Waals surface area contributed by atoms with Gasteiger partial charge in [-0.3, -0.25) is 0 Å². The molecule has 2 aromatic rings. The highest BCUT2D eigenvalue weighted by Crippen LogP contribution is 2.33. The molecule has 0 aliphatic heterocycles. The molecule has 9 heteroatoms. The van der Waals surface area contributed by atoms with Crippen LogP contribution in [-0.2, 0) is 0 Å². The van der Waals surface area contributed by atoms with Gasteiger partial charge in [-0.2, -0.15) is 9.97 Å². The fourth-order valence-electron chi connectivity index (χ4n) is 4.76. The molecule has 0 amide bonds. The third-order valence-corrected chi connectivity index (χ3v) is 6.57. The SMILES string of the molecule is CCCCCCNc1nc(NC2CCC(N)CC2)nc2c1ncn2C1CCCC1.Cl.Cl. The summed E-state index contributed by atoms with van der Waals surface area (Å²) in [6, 6.07) is 1.28. The number of fused-ring (bicyclic) bond motifs is 1.